The van der Waals surface area contributed by atoms with Gasteiger partial charge in [-0.3, -0.25) is 9.59 Å². The smallest absolute Gasteiger partial charge is 0.307 e. The standard InChI is InChI=1S/C19H33NO3/c1-3-5-6-15-7-9-16(10-8-15)19(22)20(17-11-12-17)14-13-18(21)23-4-2/h15-17H,3-14H2,1-2H3. The van der Waals surface area contributed by atoms with Gasteiger partial charge >= 0.3 is 5.97 Å². The molecule has 2 fully saturated rings. The van der Waals surface area contributed by atoms with E-state index >= 15 is 0 Å². The molecule has 4 heteroatoms. The average molecular weight is 323 g/mol. The molecule has 2 saturated carbocycles. The first-order valence-electron chi connectivity index (χ1n) is 9.61. The molecule has 2 aliphatic carbocycles. The maximum absolute atomic E-state index is 12.8. The Labute approximate surface area is 140 Å². The van der Waals surface area contributed by atoms with Crippen LogP contribution in [0.15, 0.2) is 0 Å². The second-order valence-electron chi connectivity index (χ2n) is 7.18. The van der Waals surface area contributed by atoms with E-state index in [4.69, 9.17) is 4.74 Å². The summed E-state index contributed by atoms with van der Waals surface area (Å²) in [5.74, 6) is 1.13. The Morgan fingerprint density at radius 1 is 1.04 bits per heavy atom. The molecule has 0 unspecified atom stereocenters. The van der Waals surface area contributed by atoms with Crippen molar-refractivity contribution in [3.05, 3.63) is 0 Å². The van der Waals surface area contributed by atoms with Gasteiger partial charge in [-0.15, -0.1) is 0 Å². The number of esters is 1. The third-order valence-corrected chi connectivity index (χ3v) is 5.29. The van der Waals surface area contributed by atoms with Crippen LogP contribution in [0.2, 0.25) is 0 Å². The van der Waals surface area contributed by atoms with E-state index in [0.29, 0.717) is 31.5 Å². The first-order valence-corrected chi connectivity index (χ1v) is 9.61. The van der Waals surface area contributed by atoms with Crippen LogP contribution < -0.4 is 0 Å². The normalized spacial score (nSPS) is 24.3. The lowest BCUT2D eigenvalue weighted by Crippen LogP contribution is -2.40. The third-order valence-electron chi connectivity index (χ3n) is 5.29. The highest BCUT2D eigenvalue weighted by molar-refractivity contribution is 5.80. The Hall–Kier alpha value is -1.06. The van der Waals surface area contributed by atoms with Gasteiger partial charge in [-0.05, 0) is 51.4 Å². The van der Waals surface area contributed by atoms with Crippen LogP contribution in [0.1, 0.15) is 78.1 Å². The van der Waals surface area contributed by atoms with E-state index in [1.54, 1.807) is 0 Å². The molecule has 4 nitrogen and oxygen atoms in total. The Morgan fingerprint density at radius 3 is 2.30 bits per heavy atom. The summed E-state index contributed by atoms with van der Waals surface area (Å²) in [7, 11) is 0. The van der Waals surface area contributed by atoms with Crippen molar-refractivity contribution in [3.8, 4) is 0 Å². The lowest BCUT2D eigenvalue weighted by Gasteiger charge is -2.32. The van der Waals surface area contributed by atoms with Crippen molar-refractivity contribution in [2.45, 2.75) is 84.1 Å². The summed E-state index contributed by atoms with van der Waals surface area (Å²) in [6.07, 6.45) is 10.9. The topological polar surface area (TPSA) is 46.6 Å². The molecule has 23 heavy (non-hydrogen) atoms. The summed E-state index contributed by atoms with van der Waals surface area (Å²) < 4.78 is 4.99. The number of hydrogen-bond acceptors (Lipinski definition) is 3. The predicted octanol–water partition coefficient (Wildman–Crippen LogP) is 3.93. The van der Waals surface area contributed by atoms with Crippen molar-refractivity contribution in [2.24, 2.45) is 11.8 Å². The van der Waals surface area contributed by atoms with Crippen molar-refractivity contribution in [1.82, 2.24) is 4.90 Å². The second kappa shape index (κ2) is 9.29. The summed E-state index contributed by atoms with van der Waals surface area (Å²) in [5.41, 5.74) is 0. The lowest BCUT2D eigenvalue weighted by atomic mass is 9.79. The minimum atomic E-state index is -0.186. The van der Waals surface area contributed by atoms with Crippen LogP contribution in [0.5, 0.6) is 0 Å². The van der Waals surface area contributed by atoms with Gasteiger partial charge in [-0.2, -0.15) is 0 Å². The van der Waals surface area contributed by atoms with Crippen LogP contribution in [0.25, 0.3) is 0 Å². The van der Waals surface area contributed by atoms with Gasteiger partial charge in [0.2, 0.25) is 5.91 Å². The van der Waals surface area contributed by atoms with Crippen molar-refractivity contribution in [1.29, 1.82) is 0 Å². The molecule has 132 valence electrons. The Bertz CT molecular complexity index is 384. The highest BCUT2D eigenvalue weighted by atomic mass is 16.5. The van der Waals surface area contributed by atoms with Gasteiger partial charge in [0.05, 0.1) is 13.0 Å². The number of carbonyl (C=O) groups excluding carboxylic acids is 2. The van der Waals surface area contributed by atoms with Crippen molar-refractivity contribution in [2.75, 3.05) is 13.2 Å². The number of hydrogen-bond donors (Lipinski definition) is 0. The van der Waals surface area contributed by atoms with Gasteiger partial charge in [0.15, 0.2) is 0 Å². The first kappa shape index (κ1) is 18.3. The zero-order valence-corrected chi connectivity index (χ0v) is 14.9. The fourth-order valence-corrected chi connectivity index (χ4v) is 3.73. The molecule has 2 aliphatic rings. The minimum Gasteiger partial charge on any atom is -0.466 e. The van der Waals surface area contributed by atoms with Crippen LogP contribution in [-0.4, -0.2) is 36.0 Å². The number of rotatable bonds is 9. The monoisotopic (exact) mass is 323 g/mol. The van der Waals surface area contributed by atoms with Gasteiger partial charge < -0.3 is 9.64 Å². The summed E-state index contributed by atoms with van der Waals surface area (Å²) in [5, 5.41) is 0. The molecule has 0 aliphatic heterocycles. The predicted molar refractivity (Wildman–Crippen MR) is 91.0 cm³/mol. The van der Waals surface area contributed by atoms with Crippen LogP contribution in [-0.2, 0) is 14.3 Å². The highest BCUT2D eigenvalue weighted by Crippen LogP contribution is 2.35. The van der Waals surface area contributed by atoms with Crippen molar-refractivity contribution in [3.63, 3.8) is 0 Å². The maximum Gasteiger partial charge on any atom is 0.307 e. The van der Waals surface area contributed by atoms with Gasteiger partial charge in [-0.25, -0.2) is 0 Å². The lowest BCUT2D eigenvalue weighted by molar-refractivity contribution is -0.145. The van der Waals surface area contributed by atoms with E-state index in [2.05, 4.69) is 6.92 Å². The largest absolute Gasteiger partial charge is 0.466 e. The number of amides is 1. The molecule has 0 N–H and O–H groups in total. The Morgan fingerprint density at radius 2 is 1.74 bits per heavy atom. The van der Waals surface area contributed by atoms with E-state index in [1.807, 2.05) is 11.8 Å². The van der Waals surface area contributed by atoms with E-state index in [9.17, 15) is 9.59 Å². The van der Waals surface area contributed by atoms with Crippen molar-refractivity contribution >= 4 is 11.9 Å². The van der Waals surface area contributed by atoms with E-state index in [-0.39, 0.29) is 11.9 Å². The molecular formula is C19H33NO3. The molecule has 1 amide bonds. The molecule has 0 aromatic carbocycles. The van der Waals surface area contributed by atoms with Gasteiger partial charge in [0, 0.05) is 18.5 Å². The number of carbonyl (C=O) groups is 2. The highest BCUT2D eigenvalue weighted by Gasteiger charge is 2.37. The molecule has 0 atom stereocenters. The quantitative estimate of drug-likeness (QED) is 0.604. The zero-order chi connectivity index (χ0) is 16.7. The molecular weight excluding hydrogens is 290 g/mol. The minimum absolute atomic E-state index is 0.186. The van der Waals surface area contributed by atoms with Crippen LogP contribution in [0, 0.1) is 11.8 Å². The summed E-state index contributed by atoms with van der Waals surface area (Å²) in [4.78, 5) is 26.4. The molecule has 2 rings (SSSR count). The molecule has 0 bridgehead atoms. The zero-order valence-electron chi connectivity index (χ0n) is 14.9. The molecule has 0 saturated heterocycles. The number of unbranched alkanes of at least 4 members (excludes halogenated alkanes) is 1. The maximum atomic E-state index is 12.8. The summed E-state index contributed by atoms with van der Waals surface area (Å²) in [6.45, 7) is 5.01. The molecule has 0 radical (unpaired) electrons. The number of ether oxygens (including phenoxy) is 1. The fourth-order valence-electron chi connectivity index (χ4n) is 3.73. The van der Waals surface area contributed by atoms with Gasteiger partial charge in [-0.1, -0.05) is 26.2 Å². The van der Waals surface area contributed by atoms with Crippen LogP contribution >= 0.6 is 0 Å². The third kappa shape index (κ3) is 5.82. The van der Waals surface area contributed by atoms with Crippen LogP contribution in [0.3, 0.4) is 0 Å². The van der Waals surface area contributed by atoms with E-state index in [1.165, 1.54) is 32.1 Å². The summed E-state index contributed by atoms with van der Waals surface area (Å²) in [6, 6.07) is 0.384. The Kier molecular flexibility index (Phi) is 7.38. The van der Waals surface area contributed by atoms with Crippen LogP contribution in [0.4, 0.5) is 0 Å². The molecule has 0 aromatic heterocycles. The van der Waals surface area contributed by atoms with Gasteiger partial charge in [0.1, 0.15) is 0 Å². The average Bonchev–Trinajstić information content (AvgIpc) is 3.38. The first-order chi connectivity index (χ1) is 11.2. The second-order valence-corrected chi connectivity index (χ2v) is 7.18. The fraction of sp³-hybridized carbons (Fsp3) is 0.895. The summed E-state index contributed by atoms with van der Waals surface area (Å²) >= 11 is 0. The molecule has 0 aromatic rings. The Balaban J connectivity index is 1.78. The van der Waals surface area contributed by atoms with Crippen molar-refractivity contribution < 1.29 is 14.3 Å². The van der Waals surface area contributed by atoms with E-state index in [0.717, 1.165) is 31.6 Å². The molecule has 0 heterocycles. The SMILES string of the molecule is CCCCC1CCC(C(=O)N(CCC(=O)OCC)C2CC2)CC1. The van der Waals surface area contributed by atoms with E-state index < -0.39 is 0 Å². The number of nitrogens with zero attached hydrogens (tertiary/aromatic N) is 1. The van der Waals surface area contributed by atoms with Gasteiger partial charge in [0.25, 0.3) is 0 Å². The molecule has 0 spiro atoms.